The van der Waals surface area contributed by atoms with E-state index in [-0.39, 0.29) is 17.6 Å². The second-order valence-electron chi connectivity index (χ2n) is 6.37. The van der Waals surface area contributed by atoms with Crippen LogP contribution in [0.4, 0.5) is 5.00 Å². The first-order valence-corrected chi connectivity index (χ1v) is 9.29. The van der Waals surface area contributed by atoms with E-state index < -0.39 is 0 Å². The van der Waals surface area contributed by atoms with Crippen LogP contribution in [0.2, 0.25) is 0 Å². The van der Waals surface area contributed by atoms with Crippen LogP contribution in [0.25, 0.3) is 0 Å². The van der Waals surface area contributed by atoms with Crippen LogP contribution in [0.5, 0.6) is 0 Å². The van der Waals surface area contributed by atoms with Crippen LogP contribution in [-0.4, -0.2) is 43.4 Å². The summed E-state index contributed by atoms with van der Waals surface area (Å²) < 4.78 is 5.09. The van der Waals surface area contributed by atoms with Crippen molar-refractivity contribution in [1.29, 1.82) is 0 Å². The number of thiophene rings is 1. The molecule has 2 aromatic rings. The predicted octanol–water partition coefficient (Wildman–Crippen LogP) is 2.97. The summed E-state index contributed by atoms with van der Waals surface area (Å²) in [6, 6.07) is 5.12. The quantitative estimate of drug-likeness (QED) is 0.859. The zero-order chi connectivity index (χ0) is 17.8. The lowest BCUT2D eigenvalue weighted by molar-refractivity contribution is 0.0678. The molecule has 2 amide bonds. The van der Waals surface area contributed by atoms with Crippen molar-refractivity contribution >= 4 is 28.2 Å². The Morgan fingerprint density at radius 2 is 2.28 bits per heavy atom. The number of aryl methyl sites for hydroxylation is 1. The monoisotopic (exact) mass is 361 g/mol. The zero-order valence-electron chi connectivity index (χ0n) is 14.5. The standard InChI is InChI=1S/C18H23N3O3S/c1-12-9-15(20-17(22)14-6-4-8-24-14)25-16(12)18(23)21-7-3-5-13(11-21)10-19-2/h4,6,8-9,13,19H,3,5,7,10-11H2,1-2H3,(H,20,22). The Hall–Kier alpha value is -2.12. The fourth-order valence-electron chi connectivity index (χ4n) is 3.19. The molecule has 0 saturated carbocycles. The molecule has 1 atom stereocenters. The lowest BCUT2D eigenvalue weighted by Gasteiger charge is -2.32. The van der Waals surface area contributed by atoms with Gasteiger partial charge < -0.3 is 20.0 Å². The van der Waals surface area contributed by atoms with Crippen LogP contribution in [0.1, 0.15) is 38.6 Å². The minimum Gasteiger partial charge on any atom is -0.459 e. The summed E-state index contributed by atoms with van der Waals surface area (Å²) >= 11 is 1.32. The molecular weight excluding hydrogens is 338 g/mol. The van der Waals surface area contributed by atoms with E-state index in [0.717, 1.165) is 38.0 Å². The van der Waals surface area contributed by atoms with Gasteiger partial charge in [0.15, 0.2) is 5.76 Å². The number of rotatable bonds is 5. The lowest BCUT2D eigenvalue weighted by Crippen LogP contribution is -2.42. The number of hydrogen-bond acceptors (Lipinski definition) is 5. The van der Waals surface area contributed by atoms with E-state index in [9.17, 15) is 9.59 Å². The van der Waals surface area contributed by atoms with Gasteiger partial charge in [-0.3, -0.25) is 9.59 Å². The molecule has 1 saturated heterocycles. The van der Waals surface area contributed by atoms with E-state index in [1.807, 2.05) is 24.9 Å². The molecular formula is C18H23N3O3S. The van der Waals surface area contributed by atoms with Crippen LogP contribution < -0.4 is 10.6 Å². The van der Waals surface area contributed by atoms with Gasteiger partial charge in [-0.2, -0.15) is 0 Å². The van der Waals surface area contributed by atoms with Crippen LogP contribution in [0.3, 0.4) is 0 Å². The summed E-state index contributed by atoms with van der Waals surface area (Å²) in [5.41, 5.74) is 0.889. The van der Waals surface area contributed by atoms with Gasteiger partial charge in [-0.05, 0) is 63.0 Å². The van der Waals surface area contributed by atoms with Gasteiger partial charge in [-0.1, -0.05) is 0 Å². The van der Waals surface area contributed by atoms with Gasteiger partial charge in [-0.15, -0.1) is 11.3 Å². The molecule has 3 rings (SSSR count). The van der Waals surface area contributed by atoms with Gasteiger partial charge in [0, 0.05) is 13.1 Å². The Labute approximate surface area is 151 Å². The molecule has 1 unspecified atom stereocenters. The summed E-state index contributed by atoms with van der Waals surface area (Å²) in [6.07, 6.45) is 3.64. The van der Waals surface area contributed by atoms with E-state index in [4.69, 9.17) is 4.42 Å². The molecule has 1 aliphatic heterocycles. The summed E-state index contributed by atoms with van der Waals surface area (Å²) in [5, 5.41) is 6.65. The van der Waals surface area contributed by atoms with Crippen molar-refractivity contribution in [1.82, 2.24) is 10.2 Å². The minimum absolute atomic E-state index is 0.0572. The van der Waals surface area contributed by atoms with Crippen LogP contribution in [0.15, 0.2) is 28.9 Å². The second kappa shape index (κ2) is 7.84. The van der Waals surface area contributed by atoms with Crippen molar-refractivity contribution in [3.05, 3.63) is 40.7 Å². The highest BCUT2D eigenvalue weighted by atomic mass is 32.1. The molecule has 1 fully saturated rings. The number of nitrogens with zero attached hydrogens (tertiary/aromatic N) is 1. The molecule has 3 heterocycles. The molecule has 0 bridgehead atoms. The highest BCUT2D eigenvalue weighted by molar-refractivity contribution is 7.18. The summed E-state index contributed by atoms with van der Waals surface area (Å²) in [6.45, 7) is 4.41. The zero-order valence-corrected chi connectivity index (χ0v) is 15.3. The molecule has 1 aliphatic rings. The fourth-order valence-corrected chi connectivity index (χ4v) is 4.22. The number of piperidine rings is 1. The number of carbonyl (C=O) groups excluding carboxylic acids is 2. The van der Waals surface area contributed by atoms with E-state index in [1.165, 1.54) is 17.6 Å². The number of hydrogen-bond donors (Lipinski definition) is 2. The van der Waals surface area contributed by atoms with Gasteiger partial charge in [-0.25, -0.2) is 0 Å². The number of anilines is 1. The third kappa shape index (κ3) is 4.11. The number of nitrogens with one attached hydrogen (secondary N) is 2. The maximum absolute atomic E-state index is 12.9. The Morgan fingerprint density at radius 1 is 1.44 bits per heavy atom. The lowest BCUT2D eigenvalue weighted by atomic mass is 9.98. The van der Waals surface area contributed by atoms with Crippen LogP contribution in [-0.2, 0) is 0 Å². The number of likely N-dealkylation sites (tertiary alicyclic amines) is 1. The van der Waals surface area contributed by atoms with Crippen molar-refractivity contribution in [2.24, 2.45) is 5.92 Å². The Bertz CT molecular complexity index is 737. The van der Waals surface area contributed by atoms with E-state index >= 15 is 0 Å². The third-order valence-electron chi connectivity index (χ3n) is 4.39. The molecule has 6 nitrogen and oxygen atoms in total. The Balaban J connectivity index is 1.69. The first kappa shape index (κ1) is 17.7. The number of amides is 2. The van der Waals surface area contributed by atoms with Gasteiger partial charge >= 0.3 is 0 Å². The van der Waals surface area contributed by atoms with Crippen molar-refractivity contribution in [2.75, 3.05) is 32.0 Å². The molecule has 0 aromatic carbocycles. The molecule has 134 valence electrons. The summed E-state index contributed by atoms with van der Waals surface area (Å²) in [7, 11) is 1.94. The Kier molecular flexibility index (Phi) is 5.55. The molecule has 25 heavy (non-hydrogen) atoms. The van der Waals surface area contributed by atoms with E-state index in [1.54, 1.807) is 12.1 Å². The molecule has 2 aromatic heterocycles. The highest BCUT2D eigenvalue weighted by Gasteiger charge is 2.26. The van der Waals surface area contributed by atoms with Gasteiger partial charge in [0.05, 0.1) is 16.1 Å². The Morgan fingerprint density at radius 3 is 3.00 bits per heavy atom. The summed E-state index contributed by atoms with van der Waals surface area (Å²) in [5.74, 6) is 0.505. The molecule has 0 aliphatic carbocycles. The second-order valence-corrected chi connectivity index (χ2v) is 7.42. The number of carbonyl (C=O) groups is 2. The summed E-state index contributed by atoms with van der Waals surface area (Å²) in [4.78, 5) is 27.6. The fraction of sp³-hybridized carbons (Fsp3) is 0.444. The van der Waals surface area contributed by atoms with Crippen molar-refractivity contribution in [2.45, 2.75) is 19.8 Å². The average Bonchev–Trinajstić information content (AvgIpc) is 3.25. The first-order chi connectivity index (χ1) is 12.1. The normalized spacial score (nSPS) is 17.5. The van der Waals surface area contributed by atoms with Crippen molar-refractivity contribution in [3.63, 3.8) is 0 Å². The first-order valence-electron chi connectivity index (χ1n) is 8.47. The third-order valence-corrected chi connectivity index (χ3v) is 5.53. The SMILES string of the molecule is CNCC1CCCN(C(=O)c2sc(NC(=O)c3ccco3)cc2C)C1. The molecule has 2 N–H and O–H groups in total. The minimum atomic E-state index is -0.308. The van der Waals surface area contributed by atoms with Gasteiger partial charge in [0.1, 0.15) is 0 Å². The molecule has 0 radical (unpaired) electrons. The van der Waals surface area contributed by atoms with Crippen LogP contribution >= 0.6 is 11.3 Å². The van der Waals surface area contributed by atoms with Gasteiger partial charge in [0.2, 0.25) is 0 Å². The average molecular weight is 361 g/mol. The molecule has 7 heteroatoms. The van der Waals surface area contributed by atoms with E-state index in [0.29, 0.717) is 15.8 Å². The van der Waals surface area contributed by atoms with E-state index in [2.05, 4.69) is 10.6 Å². The topological polar surface area (TPSA) is 74.6 Å². The predicted molar refractivity (Wildman–Crippen MR) is 98.3 cm³/mol. The largest absolute Gasteiger partial charge is 0.459 e. The smallest absolute Gasteiger partial charge is 0.291 e. The number of furan rings is 1. The maximum Gasteiger partial charge on any atom is 0.291 e. The van der Waals surface area contributed by atoms with Gasteiger partial charge in [0.25, 0.3) is 11.8 Å². The van der Waals surface area contributed by atoms with Crippen molar-refractivity contribution in [3.8, 4) is 0 Å². The highest BCUT2D eigenvalue weighted by Crippen LogP contribution is 2.29. The molecule has 0 spiro atoms. The van der Waals surface area contributed by atoms with Crippen molar-refractivity contribution < 1.29 is 14.0 Å². The maximum atomic E-state index is 12.9. The van der Waals surface area contributed by atoms with Crippen LogP contribution in [0, 0.1) is 12.8 Å².